The molecule has 1 unspecified atom stereocenters. The van der Waals surface area contributed by atoms with Crippen molar-refractivity contribution in [3.63, 3.8) is 0 Å². The Bertz CT molecular complexity index is 549. The molecule has 0 saturated carbocycles. The van der Waals surface area contributed by atoms with Crippen LogP contribution in [0.5, 0.6) is 0 Å². The number of hydrogen-bond donors (Lipinski definition) is 1. The summed E-state index contributed by atoms with van der Waals surface area (Å²) in [4.78, 5) is 15.3. The van der Waals surface area contributed by atoms with Crippen molar-refractivity contribution in [2.24, 2.45) is 0 Å². The Morgan fingerprint density at radius 2 is 2.43 bits per heavy atom. The molecule has 4 nitrogen and oxygen atoms in total. The van der Waals surface area contributed by atoms with Gasteiger partial charge in [-0.15, -0.1) is 11.3 Å². The Balaban J connectivity index is 1.95. The number of likely N-dealkylation sites (N-methyl/N-ethyl adjacent to an activating group) is 1. The van der Waals surface area contributed by atoms with E-state index in [-0.39, 0.29) is 12.5 Å². The zero-order valence-electron chi connectivity index (χ0n) is 12.5. The number of nitrogens with zero attached hydrogens (tertiary/aromatic N) is 1. The number of rotatable bonds is 4. The predicted octanol–water partition coefficient (Wildman–Crippen LogP) is 2.01. The van der Waals surface area contributed by atoms with E-state index < -0.39 is 5.60 Å². The average Bonchev–Trinajstić information content (AvgIpc) is 3.08. The molecule has 1 atom stereocenters. The van der Waals surface area contributed by atoms with Crippen molar-refractivity contribution in [2.45, 2.75) is 38.3 Å². The first-order chi connectivity index (χ1) is 10.0. The Kier molecular flexibility index (Phi) is 5.40. The van der Waals surface area contributed by atoms with Gasteiger partial charge in [0.25, 0.3) is 5.91 Å². The van der Waals surface area contributed by atoms with Gasteiger partial charge in [0.2, 0.25) is 0 Å². The fourth-order valence-corrected chi connectivity index (χ4v) is 3.28. The highest BCUT2D eigenvalue weighted by Crippen LogP contribution is 2.27. The fourth-order valence-electron chi connectivity index (χ4n) is 2.41. The Morgan fingerprint density at radius 1 is 1.62 bits per heavy atom. The molecule has 1 N–H and O–H groups in total. The highest BCUT2D eigenvalue weighted by atomic mass is 32.1. The van der Waals surface area contributed by atoms with Crippen LogP contribution in [-0.2, 0) is 16.1 Å². The molecule has 1 aliphatic heterocycles. The molecule has 1 aromatic rings. The fraction of sp³-hybridized carbons (Fsp3) is 0.562. The van der Waals surface area contributed by atoms with Crippen molar-refractivity contribution in [1.29, 1.82) is 0 Å². The molecule has 1 aliphatic rings. The highest BCUT2D eigenvalue weighted by Gasteiger charge is 2.39. The van der Waals surface area contributed by atoms with Crippen LogP contribution in [0.15, 0.2) is 11.4 Å². The molecule has 0 spiro atoms. The lowest BCUT2D eigenvalue weighted by atomic mass is 10.0. The third-order valence-corrected chi connectivity index (χ3v) is 4.46. The number of hydrogen-bond acceptors (Lipinski definition) is 4. The molecule has 1 aromatic heterocycles. The molecule has 1 fully saturated rings. The van der Waals surface area contributed by atoms with Gasteiger partial charge >= 0.3 is 0 Å². The van der Waals surface area contributed by atoms with Crippen molar-refractivity contribution in [2.75, 3.05) is 20.3 Å². The van der Waals surface area contributed by atoms with E-state index >= 15 is 0 Å². The SMILES string of the molecule is CN(Cc1cc(C#CCCO)cs1)C(=O)C1(C)CCCO1. The molecular weight excluding hydrogens is 286 g/mol. The lowest BCUT2D eigenvalue weighted by Gasteiger charge is -2.27. The smallest absolute Gasteiger partial charge is 0.254 e. The summed E-state index contributed by atoms with van der Waals surface area (Å²) >= 11 is 1.60. The molecule has 5 heteroatoms. The second-order valence-corrected chi connectivity index (χ2v) is 6.42. The zero-order chi connectivity index (χ0) is 15.3. The second kappa shape index (κ2) is 7.08. The van der Waals surface area contributed by atoms with Crippen LogP contribution in [0, 0.1) is 11.8 Å². The number of aliphatic hydroxyl groups excluding tert-OH is 1. The summed E-state index contributed by atoms with van der Waals surface area (Å²) in [7, 11) is 1.81. The minimum absolute atomic E-state index is 0.0429. The first-order valence-electron chi connectivity index (χ1n) is 7.12. The lowest BCUT2D eigenvalue weighted by molar-refractivity contribution is -0.150. The van der Waals surface area contributed by atoms with Crippen molar-refractivity contribution < 1.29 is 14.6 Å². The zero-order valence-corrected chi connectivity index (χ0v) is 13.3. The maximum absolute atomic E-state index is 12.4. The van der Waals surface area contributed by atoms with Gasteiger partial charge in [-0.05, 0) is 25.8 Å². The van der Waals surface area contributed by atoms with E-state index in [1.165, 1.54) is 0 Å². The molecule has 2 heterocycles. The largest absolute Gasteiger partial charge is 0.395 e. The summed E-state index contributed by atoms with van der Waals surface area (Å²) in [5.41, 5.74) is 0.281. The standard InChI is InChI=1S/C16H21NO3S/c1-16(7-5-9-20-16)15(19)17(2)11-14-10-13(12-21-14)6-3-4-8-18/h10,12,18H,4-5,7-9,11H2,1-2H3. The minimum atomic E-state index is -0.657. The van der Waals surface area contributed by atoms with Crippen molar-refractivity contribution in [3.8, 4) is 11.8 Å². The van der Waals surface area contributed by atoms with Crippen LogP contribution in [0.4, 0.5) is 0 Å². The summed E-state index contributed by atoms with van der Waals surface area (Å²) in [5, 5.41) is 10.7. The van der Waals surface area contributed by atoms with Crippen LogP contribution < -0.4 is 0 Å². The van der Waals surface area contributed by atoms with Crippen molar-refractivity contribution in [3.05, 3.63) is 21.9 Å². The van der Waals surface area contributed by atoms with Gasteiger partial charge in [-0.2, -0.15) is 0 Å². The number of ether oxygens (including phenoxy) is 1. The van der Waals surface area contributed by atoms with E-state index in [4.69, 9.17) is 9.84 Å². The van der Waals surface area contributed by atoms with Gasteiger partial charge in [-0.1, -0.05) is 11.8 Å². The molecule has 0 aliphatic carbocycles. The third kappa shape index (κ3) is 4.07. The van der Waals surface area contributed by atoms with Crippen molar-refractivity contribution >= 4 is 17.2 Å². The van der Waals surface area contributed by atoms with E-state index in [2.05, 4.69) is 11.8 Å². The van der Waals surface area contributed by atoms with E-state index in [1.807, 2.05) is 25.4 Å². The van der Waals surface area contributed by atoms with Crippen LogP contribution in [0.3, 0.4) is 0 Å². The molecule has 0 bridgehead atoms. The van der Waals surface area contributed by atoms with E-state index in [0.29, 0.717) is 19.6 Å². The molecule has 1 saturated heterocycles. The molecule has 21 heavy (non-hydrogen) atoms. The average molecular weight is 307 g/mol. The van der Waals surface area contributed by atoms with Gasteiger partial charge < -0.3 is 14.7 Å². The maximum Gasteiger partial charge on any atom is 0.254 e. The normalized spacial score (nSPS) is 20.9. The minimum Gasteiger partial charge on any atom is -0.395 e. The topological polar surface area (TPSA) is 49.8 Å². The molecule has 1 amide bonds. The third-order valence-electron chi connectivity index (χ3n) is 3.53. The van der Waals surface area contributed by atoms with Gasteiger partial charge in [0.15, 0.2) is 0 Å². The Labute approximate surface area is 129 Å². The van der Waals surface area contributed by atoms with Gasteiger partial charge in [-0.25, -0.2) is 0 Å². The molecular formula is C16H21NO3S. The highest BCUT2D eigenvalue weighted by molar-refractivity contribution is 7.10. The number of aliphatic hydroxyl groups is 1. The lowest BCUT2D eigenvalue weighted by Crippen LogP contribution is -2.44. The molecule has 114 valence electrons. The van der Waals surface area contributed by atoms with Gasteiger partial charge in [-0.3, -0.25) is 4.79 Å². The second-order valence-electron chi connectivity index (χ2n) is 5.42. The number of carbonyl (C=O) groups is 1. The van der Waals surface area contributed by atoms with Crippen molar-refractivity contribution in [1.82, 2.24) is 4.90 Å². The summed E-state index contributed by atoms with van der Waals surface area (Å²) < 4.78 is 5.60. The van der Waals surface area contributed by atoms with Crippen LogP contribution in [0.25, 0.3) is 0 Å². The Morgan fingerprint density at radius 3 is 3.10 bits per heavy atom. The summed E-state index contributed by atoms with van der Waals surface area (Å²) in [6.07, 6.45) is 2.22. The first kappa shape index (κ1) is 16.0. The predicted molar refractivity (Wildman–Crippen MR) is 83.0 cm³/mol. The number of carbonyl (C=O) groups excluding carboxylic acids is 1. The Hall–Kier alpha value is -1.35. The van der Waals surface area contributed by atoms with Gasteiger partial charge in [0.1, 0.15) is 5.60 Å². The van der Waals surface area contributed by atoms with E-state index in [0.717, 1.165) is 23.3 Å². The van der Waals surface area contributed by atoms with E-state index in [9.17, 15) is 4.79 Å². The summed E-state index contributed by atoms with van der Waals surface area (Å²) in [6, 6.07) is 2.00. The molecule has 0 aromatic carbocycles. The number of thiophene rings is 1. The summed E-state index contributed by atoms with van der Waals surface area (Å²) in [5.74, 6) is 5.94. The van der Waals surface area contributed by atoms with Crippen LogP contribution in [0.2, 0.25) is 0 Å². The van der Waals surface area contributed by atoms with Crippen LogP contribution in [0.1, 0.15) is 36.6 Å². The first-order valence-corrected chi connectivity index (χ1v) is 8.00. The maximum atomic E-state index is 12.4. The molecule has 2 rings (SSSR count). The van der Waals surface area contributed by atoms with Gasteiger partial charge in [0.05, 0.1) is 13.2 Å². The van der Waals surface area contributed by atoms with Crippen LogP contribution >= 0.6 is 11.3 Å². The summed E-state index contributed by atoms with van der Waals surface area (Å²) in [6.45, 7) is 3.20. The van der Waals surface area contributed by atoms with E-state index in [1.54, 1.807) is 16.2 Å². The molecule has 0 radical (unpaired) electrons. The van der Waals surface area contributed by atoms with Gasteiger partial charge in [0, 0.05) is 35.9 Å². The van der Waals surface area contributed by atoms with Crippen LogP contribution in [-0.4, -0.2) is 41.8 Å². The quantitative estimate of drug-likeness (QED) is 0.866. The monoisotopic (exact) mass is 307 g/mol. The number of amides is 1.